The lowest BCUT2D eigenvalue weighted by atomic mass is 10.1. The van der Waals surface area contributed by atoms with Gasteiger partial charge in [0.1, 0.15) is 0 Å². The molecule has 0 atom stereocenters. The van der Waals surface area contributed by atoms with Gasteiger partial charge >= 0.3 is 0 Å². The third kappa shape index (κ3) is 6.01. The van der Waals surface area contributed by atoms with Gasteiger partial charge in [0, 0.05) is 44.8 Å². The summed E-state index contributed by atoms with van der Waals surface area (Å²) in [5.74, 6) is -0.0942. The highest BCUT2D eigenvalue weighted by Crippen LogP contribution is 2.15. The Morgan fingerprint density at radius 1 is 1.06 bits per heavy atom. The number of hydrogen-bond acceptors (Lipinski definition) is 5. The first-order chi connectivity index (χ1) is 14.9. The molecule has 2 aromatic carbocycles. The Morgan fingerprint density at radius 3 is 2.42 bits per heavy atom. The molecule has 1 aliphatic rings. The summed E-state index contributed by atoms with van der Waals surface area (Å²) >= 11 is 0. The van der Waals surface area contributed by atoms with Crippen LogP contribution in [0.25, 0.3) is 0 Å². The van der Waals surface area contributed by atoms with Crippen molar-refractivity contribution in [1.82, 2.24) is 14.5 Å². The summed E-state index contributed by atoms with van der Waals surface area (Å²) in [6.07, 6.45) is 2.33. The second kappa shape index (κ2) is 10.4. The van der Waals surface area contributed by atoms with Crippen LogP contribution < -0.4 is 4.72 Å². The molecular weight excluding hydrogens is 412 g/mol. The van der Waals surface area contributed by atoms with Gasteiger partial charge in [0.2, 0.25) is 10.0 Å². The van der Waals surface area contributed by atoms with Crippen LogP contribution in [0.4, 0.5) is 0 Å². The molecule has 0 unspecified atom stereocenters. The molecule has 0 bridgehead atoms. The van der Waals surface area contributed by atoms with Gasteiger partial charge in [0.15, 0.2) is 0 Å². The number of hydrogen-bond donors (Lipinski definition) is 1. The van der Waals surface area contributed by atoms with E-state index in [1.54, 1.807) is 12.1 Å². The Bertz CT molecular complexity index is 1060. The van der Waals surface area contributed by atoms with Crippen LogP contribution in [-0.2, 0) is 16.6 Å². The van der Waals surface area contributed by atoms with Gasteiger partial charge in [-0.25, -0.2) is 13.1 Å². The standard InChI is InChI=1S/C23H26N4O3S/c1-2-12-25-31(29,30)22-10-8-21(9-11-22)23(28)27-14-3-13-26(15-16-27)18-20-6-4-19(17-24)5-7-20/h2,4-11,25H,1,3,12-16,18H2. The number of benzene rings is 2. The fourth-order valence-corrected chi connectivity index (χ4v) is 4.48. The SMILES string of the molecule is C=CCNS(=O)(=O)c1ccc(C(=O)N2CCCN(Cc3ccc(C#N)cc3)CC2)cc1. The van der Waals surface area contributed by atoms with Crippen LogP contribution in [0.15, 0.2) is 66.1 Å². The van der Waals surface area contributed by atoms with E-state index >= 15 is 0 Å². The van der Waals surface area contributed by atoms with Crippen molar-refractivity contribution in [2.75, 3.05) is 32.7 Å². The third-order valence-electron chi connectivity index (χ3n) is 5.19. The molecule has 162 valence electrons. The Hall–Kier alpha value is -2.99. The molecule has 0 radical (unpaired) electrons. The predicted octanol–water partition coefficient (Wildman–Crippen LogP) is 2.37. The second-order valence-electron chi connectivity index (χ2n) is 7.40. The van der Waals surface area contributed by atoms with E-state index in [1.165, 1.54) is 18.2 Å². The minimum atomic E-state index is -3.61. The molecule has 0 saturated carbocycles. The van der Waals surface area contributed by atoms with Crippen molar-refractivity contribution in [3.05, 3.63) is 77.9 Å². The predicted molar refractivity (Wildman–Crippen MR) is 119 cm³/mol. The van der Waals surface area contributed by atoms with Crippen LogP contribution in [0, 0.1) is 11.3 Å². The van der Waals surface area contributed by atoms with E-state index in [4.69, 9.17) is 5.26 Å². The Balaban J connectivity index is 1.60. The normalized spacial score (nSPS) is 15.1. The van der Waals surface area contributed by atoms with Crippen molar-refractivity contribution in [2.24, 2.45) is 0 Å². The van der Waals surface area contributed by atoms with Crippen LogP contribution >= 0.6 is 0 Å². The fourth-order valence-electron chi connectivity index (χ4n) is 3.49. The number of carbonyl (C=O) groups excluding carboxylic acids is 1. The summed E-state index contributed by atoms with van der Waals surface area (Å²) in [6, 6.07) is 15.7. The summed E-state index contributed by atoms with van der Waals surface area (Å²) < 4.78 is 26.7. The van der Waals surface area contributed by atoms with E-state index in [1.807, 2.05) is 29.2 Å². The van der Waals surface area contributed by atoms with Crippen LogP contribution in [0.1, 0.15) is 27.9 Å². The van der Waals surface area contributed by atoms with E-state index < -0.39 is 10.0 Å². The molecular formula is C23H26N4O3S. The Kier molecular flexibility index (Phi) is 7.58. The maximum absolute atomic E-state index is 12.9. The van der Waals surface area contributed by atoms with Crippen LogP contribution in [0.2, 0.25) is 0 Å². The molecule has 1 saturated heterocycles. The summed E-state index contributed by atoms with van der Waals surface area (Å²) in [4.78, 5) is 17.2. The number of nitrogens with zero attached hydrogens (tertiary/aromatic N) is 3. The highest BCUT2D eigenvalue weighted by molar-refractivity contribution is 7.89. The van der Waals surface area contributed by atoms with Crippen molar-refractivity contribution in [2.45, 2.75) is 17.9 Å². The van der Waals surface area contributed by atoms with Gasteiger partial charge in [-0.05, 0) is 48.4 Å². The molecule has 8 heteroatoms. The first kappa shape index (κ1) is 22.7. The van der Waals surface area contributed by atoms with Crippen molar-refractivity contribution >= 4 is 15.9 Å². The van der Waals surface area contributed by atoms with Gasteiger partial charge < -0.3 is 4.90 Å². The van der Waals surface area contributed by atoms with E-state index in [0.717, 1.165) is 31.6 Å². The zero-order chi connectivity index (χ0) is 22.3. The van der Waals surface area contributed by atoms with Gasteiger partial charge in [-0.2, -0.15) is 5.26 Å². The fraction of sp³-hybridized carbons (Fsp3) is 0.304. The molecule has 1 amide bonds. The van der Waals surface area contributed by atoms with E-state index in [-0.39, 0.29) is 17.3 Å². The molecule has 1 N–H and O–H groups in total. The van der Waals surface area contributed by atoms with Crippen LogP contribution in [-0.4, -0.2) is 56.8 Å². The number of amides is 1. The highest BCUT2D eigenvalue weighted by atomic mass is 32.2. The lowest BCUT2D eigenvalue weighted by Gasteiger charge is -2.22. The maximum Gasteiger partial charge on any atom is 0.253 e. The zero-order valence-corrected chi connectivity index (χ0v) is 18.1. The van der Waals surface area contributed by atoms with E-state index in [0.29, 0.717) is 24.2 Å². The smallest absolute Gasteiger partial charge is 0.253 e. The van der Waals surface area contributed by atoms with Gasteiger partial charge in [-0.1, -0.05) is 18.2 Å². The zero-order valence-electron chi connectivity index (χ0n) is 17.3. The van der Waals surface area contributed by atoms with Gasteiger partial charge in [0.05, 0.1) is 16.5 Å². The van der Waals surface area contributed by atoms with Crippen molar-refractivity contribution in [3.8, 4) is 6.07 Å². The lowest BCUT2D eigenvalue weighted by Crippen LogP contribution is -2.35. The first-order valence-electron chi connectivity index (χ1n) is 10.1. The molecule has 0 aromatic heterocycles. The molecule has 2 aromatic rings. The van der Waals surface area contributed by atoms with Crippen molar-refractivity contribution in [1.29, 1.82) is 5.26 Å². The monoisotopic (exact) mass is 438 g/mol. The quantitative estimate of drug-likeness (QED) is 0.670. The third-order valence-corrected chi connectivity index (χ3v) is 6.63. The summed E-state index contributed by atoms with van der Waals surface area (Å²) in [6.45, 7) is 7.32. The minimum absolute atomic E-state index is 0.0942. The molecule has 1 aliphatic heterocycles. The molecule has 3 rings (SSSR count). The summed E-state index contributed by atoms with van der Waals surface area (Å²) in [5.41, 5.74) is 2.26. The average molecular weight is 439 g/mol. The Labute approximate surface area is 183 Å². The molecule has 0 aliphatic carbocycles. The number of carbonyl (C=O) groups is 1. The number of nitriles is 1. The van der Waals surface area contributed by atoms with Gasteiger partial charge in [-0.15, -0.1) is 6.58 Å². The number of rotatable bonds is 7. The summed E-state index contributed by atoms with van der Waals surface area (Å²) in [7, 11) is -3.61. The van der Waals surface area contributed by atoms with Gasteiger partial charge in [0.25, 0.3) is 5.91 Å². The molecule has 0 spiro atoms. The minimum Gasteiger partial charge on any atom is -0.337 e. The molecule has 31 heavy (non-hydrogen) atoms. The molecule has 1 heterocycles. The van der Waals surface area contributed by atoms with Crippen LogP contribution in [0.5, 0.6) is 0 Å². The molecule has 7 nitrogen and oxygen atoms in total. The largest absolute Gasteiger partial charge is 0.337 e. The average Bonchev–Trinajstić information content (AvgIpc) is 3.03. The van der Waals surface area contributed by atoms with Crippen molar-refractivity contribution < 1.29 is 13.2 Å². The van der Waals surface area contributed by atoms with Crippen LogP contribution in [0.3, 0.4) is 0 Å². The van der Waals surface area contributed by atoms with E-state index in [2.05, 4.69) is 22.3 Å². The van der Waals surface area contributed by atoms with Crippen molar-refractivity contribution in [3.63, 3.8) is 0 Å². The highest BCUT2D eigenvalue weighted by Gasteiger charge is 2.21. The van der Waals surface area contributed by atoms with E-state index in [9.17, 15) is 13.2 Å². The summed E-state index contributed by atoms with van der Waals surface area (Å²) in [5, 5.41) is 8.92. The number of nitrogens with one attached hydrogen (secondary N) is 1. The van der Waals surface area contributed by atoms with Gasteiger partial charge in [-0.3, -0.25) is 9.69 Å². The number of sulfonamides is 1. The maximum atomic E-state index is 12.9. The topological polar surface area (TPSA) is 93.5 Å². The Morgan fingerprint density at radius 2 is 1.77 bits per heavy atom. The lowest BCUT2D eigenvalue weighted by molar-refractivity contribution is 0.0761. The first-order valence-corrected chi connectivity index (χ1v) is 11.6. The second-order valence-corrected chi connectivity index (χ2v) is 9.16. The molecule has 1 fully saturated rings.